The standard InChI is InChI=1S/C11H15N3/c12-6-1-2-8-14-9-5-10-11(14)4-3-7-13-10/h3-5,7,9H,1-2,6,8,12H2. The summed E-state index contributed by atoms with van der Waals surface area (Å²) in [6.07, 6.45) is 6.13. The molecule has 0 unspecified atom stereocenters. The number of aromatic nitrogens is 2. The van der Waals surface area contributed by atoms with E-state index in [1.807, 2.05) is 12.3 Å². The maximum atomic E-state index is 5.46. The Morgan fingerprint density at radius 3 is 3.07 bits per heavy atom. The van der Waals surface area contributed by atoms with Crippen molar-refractivity contribution in [2.45, 2.75) is 19.4 Å². The average Bonchev–Trinajstić information content (AvgIpc) is 2.63. The Bertz CT molecular complexity index is 406. The van der Waals surface area contributed by atoms with Gasteiger partial charge in [0.15, 0.2) is 0 Å². The number of hydrogen-bond donors (Lipinski definition) is 1. The summed E-state index contributed by atoms with van der Waals surface area (Å²) in [6, 6.07) is 6.13. The minimum atomic E-state index is 0.775. The number of nitrogens with two attached hydrogens (primary N) is 1. The molecule has 0 aliphatic carbocycles. The van der Waals surface area contributed by atoms with Crippen LogP contribution in [-0.4, -0.2) is 16.1 Å². The fourth-order valence-electron chi connectivity index (χ4n) is 1.64. The second-order valence-corrected chi connectivity index (χ2v) is 3.41. The largest absolute Gasteiger partial charge is 0.346 e. The van der Waals surface area contributed by atoms with Crippen LogP contribution in [0.25, 0.3) is 11.0 Å². The molecule has 0 aromatic carbocycles. The van der Waals surface area contributed by atoms with Crippen molar-refractivity contribution in [1.82, 2.24) is 9.55 Å². The van der Waals surface area contributed by atoms with Gasteiger partial charge < -0.3 is 10.3 Å². The first-order valence-corrected chi connectivity index (χ1v) is 5.02. The minimum Gasteiger partial charge on any atom is -0.346 e. The molecule has 0 aliphatic heterocycles. The van der Waals surface area contributed by atoms with E-state index >= 15 is 0 Å². The molecule has 2 aromatic rings. The van der Waals surface area contributed by atoms with E-state index in [2.05, 4.69) is 27.9 Å². The fourth-order valence-corrected chi connectivity index (χ4v) is 1.64. The Hall–Kier alpha value is -1.35. The van der Waals surface area contributed by atoms with Crippen molar-refractivity contribution in [3.63, 3.8) is 0 Å². The Morgan fingerprint density at radius 2 is 2.21 bits per heavy atom. The summed E-state index contributed by atoms with van der Waals surface area (Å²) < 4.78 is 2.23. The highest BCUT2D eigenvalue weighted by atomic mass is 15.0. The summed E-state index contributed by atoms with van der Waals surface area (Å²) in [5, 5.41) is 0. The normalized spacial score (nSPS) is 10.9. The third kappa shape index (κ3) is 1.77. The van der Waals surface area contributed by atoms with E-state index in [9.17, 15) is 0 Å². The molecule has 3 nitrogen and oxygen atoms in total. The molecule has 0 fully saturated rings. The maximum absolute atomic E-state index is 5.46. The zero-order chi connectivity index (χ0) is 9.80. The van der Waals surface area contributed by atoms with E-state index in [0.717, 1.165) is 31.4 Å². The van der Waals surface area contributed by atoms with Crippen LogP contribution in [0, 0.1) is 0 Å². The van der Waals surface area contributed by atoms with Gasteiger partial charge in [0.2, 0.25) is 0 Å². The predicted molar refractivity (Wildman–Crippen MR) is 58.0 cm³/mol. The van der Waals surface area contributed by atoms with Gasteiger partial charge in [-0.15, -0.1) is 0 Å². The number of aryl methyl sites for hydroxylation is 1. The third-order valence-corrected chi connectivity index (χ3v) is 2.39. The van der Waals surface area contributed by atoms with Gasteiger partial charge >= 0.3 is 0 Å². The molecule has 2 aromatic heterocycles. The number of pyridine rings is 1. The highest BCUT2D eigenvalue weighted by Gasteiger charge is 1.99. The van der Waals surface area contributed by atoms with Crippen molar-refractivity contribution in [2.75, 3.05) is 6.54 Å². The first-order chi connectivity index (χ1) is 6.92. The van der Waals surface area contributed by atoms with E-state index in [4.69, 9.17) is 5.73 Å². The maximum Gasteiger partial charge on any atom is 0.0880 e. The van der Waals surface area contributed by atoms with Crippen molar-refractivity contribution in [3.05, 3.63) is 30.6 Å². The molecule has 2 rings (SSSR count). The SMILES string of the molecule is NCCCCn1ccc2ncccc21. The molecule has 0 bridgehead atoms. The van der Waals surface area contributed by atoms with Crippen LogP contribution in [0.3, 0.4) is 0 Å². The molecule has 74 valence electrons. The molecule has 3 heteroatoms. The zero-order valence-corrected chi connectivity index (χ0v) is 8.19. The topological polar surface area (TPSA) is 43.8 Å². The number of hydrogen-bond acceptors (Lipinski definition) is 2. The van der Waals surface area contributed by atoms with E-state index in [1.165, 1.54) is 5.52 Å². The van der Waals surface area contributed by atoms with Gasteiger partial charge in [-0.2, -0.15) is 0 Å². The van der Waals surface area contributed by atoms with Crippen LogP contribution < -0.4 is 5.73 Å². The Labute approximate surface area is 83.6 Å². The van der Waals surface area contributed by atoms with Gasteiger partial charge in [-0.25, -0.2) is 0 Å². The van der Waals surface area contributed by atoms with E-state index in [1.54, 1.807) is 0 Å². The smallest absolute Gasteiger partial charge is 0.0880 e. The van der Waals surface area contributed by atoms with Gasteiger partial charge in [0.25, 0.3) is 0 Å². The second-order valence-electron chi connectivity index (χ2n) is 3.41. The summed E-state index contributed by atoms with van der Waals surface area (Å²) in [7, 11) is 0. The Morgan fingerprint density at radius 1 is 1.29 bits per heavy atom. The summed E-state index contributed by atoms with van der Waals surface area (Å²) in [5.41, 5.74) is 7.74. The monoisotopic (exact) mass is 189 g/mol. The van der Waals surface area contributed by atoms with Crippen molar-refractivity contribution in [1.29, 1.82) is 0 Å². The molecule has 2 heterocycles. The molecule has 0 saturated carbocycles. The summed E-state index contributed by atoms with van der Waals surface area (Å²) >= 11 is 0. The molecule has 0 amide bonds. The minimum absolute atomic E-state index is 0.775. The molecular formula is C11H15N3. The summed E-state index contributed by atoms with van der Waals surface area (Å²) in [5.74, 6) is 0. The van der Waals surface area contributed by atoms with Crippen molar-refractivity contribution in [2.24, 2.45) is 5.73 Å². The van der Waals surface area contributed by atoms with Crippen LogP contribution in [0.5, 0.6) is 0 Å². The number of nitrogens with zero attached hydrogens (tertiary/aromatic N) is 2. The Kier molecular flexibility index (Phi) is 2.79. The highest BCUT2D eigenvalue weighted by molar-refractivity contribution is 5.75. The lowest BCUT2D eigenvalue weighted by atomic mass is 10.3. The van der Waals surface area contributed by atoms with Crippen LogP contribution in [0.1, 0.15) is 12.8 Å². The molecule has 2 N–H and O–H groups in total. The van der Waals surface area contributed by atoms with Gasteiger partial charge in [0, 0.05) is 18.9 Å². The first kappa shape index (κ1) is 9.21. The zero-order valence-electron chi connectivity index (χ0n) is 8.19. The van der Waals surface area contributed by atoms with Gasteiger partial charge in [0.1, 0.15) is 0 Å². The number of rotatable bonds is 4. The third-order valence-electron chi connectivity index (χ3n) is 2.39. The quantitative estimate of drug-likeness (QED) is 0.745. The van der Waals surface area contributed by atoms with Gasteiger partial charge in [-0.1, -0.05) is 0 Å². The molecular weight excluding hydrogens is 174 g/mol. The van der Waals surface area contributed by atoms with E-state index in [0.29, 0.717) is 0 Å². The lowest BCUT2D eigenvalue weighted by molar-refractivity contribution is 0.630. The predicted octanol–water partition coefficient (Wildman–Crippen LogP) is 1.78. The summed E-state index contributed by atoms with van der Waals surface area (Å²) in [4.78, 5) is 4.28. The number of fused-ring (bicyclic) bond motifs is 1. The van der Waals surface area contributed by atoms with Crippen LogP contribution in [0.4, 0.5) is 0 Å². The van der Waals surface area contributed by atoms with E-state index < -0.39 is 0 Å². The van der Waals surface area contributed by atoms with Gasteiger partial charge in [0.05, 0.1) is 11.0 Å². The van der Waals surface area contributed by atoms with Gasteiger partial charge in [-0.05, 0) is 37.6 Å². The lowest BCUT2D eigenvalue weighted by Crippen LogP contribution is -2.02. The average molecular weight is 189 g/mol. The molecule has 0 spiro atoms. The molecule has 14 heavy (non-hydrogen) atoms. The van der Waals surface area contributed by atoms with Crippen LogP contribution in [0.15, 0.2) is 30.6 Å². The first-order valence-electron chi connectivity index (χ1n) is 5.02. The molecule has 0 aliphatic rings. The van der Waals surface area contributed by atoms with Crippen molar-refractivity contribution < 1.29 is 0 Å². The Balaban J connectivity index is 2.17. The highest BCUT2D eigenvalue weighted by Crippen LogP contribution is 2.12. The van der Waals surface area contributed by atoms with Crippen LogP contribution in [0.2, 0.25) is 0 Å². The summed E-state index contributed by atoms with van der Waals surface area (Å²) in [6.45, 7) is 1.81. The van der Waals surface area contributed by atoms with Crippen LogP contribution in [-0.2, 0) is 6.54 Å². The second kappa shape index (κ2) is 4.24. The van der Waals surface area contributed by atoms with Gasteiger partial charge in [-0.3, -0.25) is 4.98 Å². The molecule has 0 saturated heterocycles. The number of unbranched alkanes of at least 4 members (excludes halogenated alkanes) is 1. The van der Waals surface area contributed by atoms with Crippen LogP contribution >= 0.6 is 0 Å². The lowest BCUT2D eigenvalue weighted by Gasteiger charge is -2.03. The van der Waals surface area contributed by atoms with Crippen molar-refractivity contribution in [3.8, 4) is 0 Å². The molecule has 0 atom stereocenters. The van der Waals surface area contributed by atoms with E-state index in [-0.39, 0.29) is 0 Å². The fraction of sp³-hybridized carbons (Fsp3) is 0.364. The molecule has 0 radical (unpaired) electrons. The van der Waals surface area contributed by atoms with Crippen molar-refractivity contribution >= 4 is 11.0 Å².